The van der Waals surface area contributed by atoms with Gasteiger partial charge in [-0.25, -0.2) is 63.7 Å². The Hall–Kier alpha value is -1.24. The number of hydrogen-bond acceptors (Lipinski definition) is 19. The van der Waals surface area contributed by atoms with E-state index in [1.165, 1.54) is 129 Å². The third-order valence-corrected chi connectivity index (χ3v) is 28.4. The first-order chi connectivity index (χ1) is 49.6. The number of nitrogens with one attached hydrogen (secondary N) is 1. The van der Waals surface area contributed by atoms with Crippen LogP contribution in [0.1, 0.15) is 125 Å². The Kier molecular flexibility index (Phi) is 52.2. The van der Waals surface area contributed by atoms with E-state index in [0.29, 0.717) is 13.0 Å². The molecule has 0 radical (unpaired) electrons. The number of sulfonamides is 6. The van der Waals surface area contributed by atoms with E-state index in [4.69, 9.17) is 20.3 Å². The zero-order valence-corrected chi connectivity index (χ0v) is 82.5. The number of aryl methyl sites for hydroxylation is 6. The van der Waals surface area contributed by atoms with Gasteiger partial charge in [0.2, 0.25) is 60.1 Å². The summed E-state index contributed by atoms with van der Waals surface area (Å²) >= 11 is 3.41. The molecule has 0 aliphatic heterocycles. The number of benzene rings is 6. The Morgan fingerprint density at radius 2 is 0.598 bits per heavy atom. The average Bonchev–Trinajstić information content (AvgIpc) is 0.803. The molecule has 0 aromatic heterocycles. The molecule has 0 aliphatic rings. The number of alkyl halides is 1. The normalized spacial score (nSPS) is 11.9. The molecule has 0 unspecified atom stereocenters. The second-order valence-electron chi connectivity index (χ2n) is 25.3. The second-order valence-corrected chi connectivity index (χ2v) is 37.4. The van der Waals surface area contributed by atoms with Crippen LogP contribution in [0.2, 0.25) is 13.6 Å². The zero-order valence-electron chi connectivity index (χ0n) is 64.4. The number of halogens is 1. The molecule has 6 rings (SSSR count). The van der Waals surface area contributed by atoms with Gasteiger partial charge < -0.3 is 31.8 Å². The van der Waals surface area contributed by atoms with Gasteiger partial charge in [-0.2, -0.15) is 12.9 Å². The van der Waals surface area contributed by atoms with Crippen LogP contribution in [0.15, 0.2) is 175 Å². The van der Waals surface area contributed by atoms with E-state index in [1.807, 2.05) is 41.5 Å². The van der Waals surface area contributed by atoms with Crippen molar-refractivity contribution in [3.8, 4) is 0 Å². The molecular formula is C71H107B2BrCs2N6O19S6. The van der Waals surface area contributed by atoms with Crippen molar-refractivity contribution in [1.82, 2.24) is 26.1 Å². The standard InChI is InChI=1S/C35H52BN3O8S3.C26H34BN3O7S3.C9H19BrO.CH2O3.2Cs.H/c1-30-12-18-33(19-13-30)48(42,43)37(24-10-8-6-5-7-9-11-29-40)25-26-38(49(44,45)34-20-14-31(2)15-21-34)27-28-39(36(4)41)50(46,47)35-22-16-32(3)17-23-35;1-21-5-11-24(12-6-21)38(32,33)28-17-18-29(39(34,35)25-13-7-22(2)8-14-25)19-20-30(27(4)31)40(36,37)26-15-9-23(3)10-16-26;10-8-6-4-2-1-3-5-7-9-11;2-1-4-3;;;/h12-23,40-41H,5-11,24-29H2,1-4H3;5-16,28,31H,17-20H2,1-4H3;11H,1-9H2;1,3H;;;/q;;;;2*+1;-1/p-1. The quantitative estimate of drug-likeness (QED) is 0.00917. The summed E-state index contributed by atoms with van der Waals surface area (Å²) in [6, 6.07) is 37.3. The molecule has 0 aliphatic carbocycles. The molecule has 0 saturated heterocycles. The fraction of sp³-hybridized carbons (Fsp3) is 0.479. The maximum absolute atomic E-state index is 14.1. The van der Waals surface area contributed by atoms with Gasteiger partial charge in [0, 0.05) is 77.4 Å². The third kappa shape index (κ3) is 36.6. The number of hydrogen-bond donors (Lipinski definition) is 5. The number of aliphatic hydroxyl groups excluding tert-OH is 2. The Bertz CT molecular complexity index is 4220. The van der Waals surface area contributed by atoms with Crippen molar-refractivity contribution in [3.63, 3.8) is 0 Å². The van der Waals surface area contributed by atoms with E-state index in [0.717, 1.165) is 101 Å². The number of carbonyl (C=O) groups excluding carboxylic acids is 1. The van der Waals surface area contributed by atoms with E-state index < -0.39 is 74.2 Å². The van der Waals surface area contributed by atoms with Gasteiger partial charge in [0.15, 0.2) is 0 Å². The van der Waals surface area contributed by atoms with E-state index in [-0.39, 0.29) is 241 Å². The SMILES string of the molecule is CB(O)N(CCN(CCN(CCCCCCCCCO)S(=O)(=O)c1ccc(C)cc1)S(=O)(=O)c1ccc(C)cc1)S(=O)(=O)c1ccc(C)cc1.CB(O)N(CCN(CCNS(=O)(=O)c1ccc(C)cc1)S(=O)(=O)c1ccc(C)cc1)S(=O)(=O)c1ccc(C)cc1.O=CO[O-].OCCCCCCCCCBr.[Cs+].[Cs+].[H-]. The van der Waals surface area contributed by atoms with Crippen LogP contribution >= 0.6 is 15.9 Å². The Labute approximate surface area is 766 Å². The van der Waals surface area contributed by atoms with Crippen LogP contribution in [0.3, 0.4) is 0 Å². The van der Waals surface area contributed by atoms with Crippen molar-refractivity contribution >= 4 is 96.6 Å². The molecule has 0 bridgehead atoms. The summed E-state index contributed by atoms with van der Waals surface area (Å²) < 4.78 is 170. The van der Waals surface area contributed by atoms with Crippen LogP contribution in [0.4, 0.5) is 0 Å². The van der Waals surface area contributed by atoms with Crippen LogP contribution in [0, 0.1) is 41.5 Å². The summed E-state index contributed by atoms with van der Waals surface area (Å²) in [5, 5.41) is 48.0. The van der Waals surface area contributed by atoms with Gasteiger partial charge in [-0.1, -0.05) is 186 Å². The van der Waals surface area contributed by atoms with Gasteiger partial charge in [0.1, 0.15) is 0 Å². The summed E-state index contributed by atoms with van der Waals surface area (Å²) in [6.45, 7) is 11.7. The first kappa shape index (κ1) is 104. The molecule has 6 aromatic rings. The second kappa shape index (κ2) is 53.8. The summed E-state index contributed by atoms with van der Waals surface area (Å²) in [5.74, 6) is 0. The topological polar surface area (TPSA) is 363 Å². The van der Waals surface area contributed by atoms with Gasteiger partial charge in [-0.3, -0.25) is 4.79 Å². The van der Waals surface area contributed by atoms with Gasteiger partial charge >= 0.3 is 152 Å². The monoisotopic (exact) mass is 1910 g/mol. The number of carbonyl (C=O) groups is 1. The number of aliphatic hydroxyl groups is 2. The van der Waals surface area contributed by atoms with Gasteiger partial charge in [-0.05, 0) is 154 Å². The Morgan fingerprint density at radius 1 is 0.374 bits per heavy atom. The molecule has 0 saturated carbocycles. The molecule has 0 atom stereocenters. The predicted molar refractivity (Wildman–Crippen MR) is 415 cm³/mol. The Balaban J connectivity index is 0.00000176. The number of unbranched alkanes of at least 4 members (excludes halogenated alkanes) is 12. The van der Waals surface area contributed by atoms with Crippen molar-refractivity contribution in [2.24, 2.45) is 0 Å². The predicted octanol–water partition coefficient (Wildman–Crippen LogP) is 2.86. The van der Waals surface area contributed by atoms with Crippen LogP contribution < -0.4 is 148 Å². The van der Waals surface area contributed by atoms with Crippen molar-refractivity contribution in [1.29, 1.82) is 0 Å². The minimum atomic E-state index is -4.22. The van der Waals surface area contributed by atoms with E-state index >= 15 is 0 Å². The maximum atomic E-state index is 14.1. The molecular weight excluding hydrogens is 1800 g/mol. The van der Waals surface area contributed by atoms with E-state index in [1.54, 1.807) is 72.8 Å². The zero-order chi connectivity index (χ0) is 78.4. The molecule has 6 aromatic carbocycles. The van der Waals surface area contributed by atoms with Gasteiger partial charge in [0.05, 0.1) is 29.4 Å². The van der Waals surface area contributed by atoms with E-state index in [9.17, 15) is 60.6 Å². The molecule has 0 spiro atoms. The average molecular weight is 1910 g/mol. The summed E-state index contributed by atoms with van der Waals surface area (Å²) in [5.41, 5.74) is 5.19. The summed E-state index contributed by atoms with van der Waals surface area (Å²) in [6.07, 6.45) is 14.7. The number of nitrogens with zero attached hydrogens (tertiary/aromatic N) is 5. The molecule has 36 heteroatoms. The first-order valence-electron chi connectivity index (χ1n) is 34.9. The fourth-order valence-corrected chi connectivity index (χ4v) is 19.2. The molecule has 586 valence electrons. The molecule has 25 nitrogen and oxygen atoms in total. The molecule has 0 amide bonds. The molecule has 0 heterocycles. The minimum Gasteiger partial charge on any atom is -1.00 e. The molecule has 0 fully saturated rings. The van der Waals surface area contributed by atoms with Crippen LogP contribution in [-0.4, -0.2) is 190 Å². The van der Waals surface area contributed by atoms with Gasteiger partial charge in [-0.15, -0.1) is 0 Å². The fourth-order valence-electron chi connectivity index (χ4n) is 10.5. The molecule has 107 heavy (non-hydrogen) atoms. The molecule has 5 N–H and O–H groups in total. The minimum absolute atomic E-state index is 0. The van der Waals surface area contributed by atoms with Crippen molar-refractivity contribution in [2.75, 3.05) is 77.4 Å². The van der Waals surface area contributed by atoms with E-state index in [2.05, 4.69) is 25.5 Å². The summed E-state index contributed by atoms with van der Waals surface area (Å²) in [7, 11) is -27.6. The van der Waals surface area contributed by atoms with Crippen LogP contribution in [-0.2, 0) is 69.8 Å². The van der Waals surface area contributed by atoms with Crippen molar-refractivity contribution in [2.45, 2.75) is 174 Å². The van der Waals surface area contributed by atoms with Gasteiger partial charge in [0.25, 0.3) is 6.47 Å². The first-order valence-corrected chi connectivity index (χ1v) is 44.7. The summed E-state index contributed by atoms with van der Waals surface area (Å²) in [4.78, 5) is 11.3. The van der Waals surface area contributed by atoms with Crippen molar-refractivity contribution in [3.05, 3.63) is 179 Å². The largest absolute Gasteiger partial charge is 1.00 e. The number of rotatable bonds is 44. The third-order valence-electron chi connectivity index (χ3n) is 16.7. The maximum Gasteiger partial charge on any atom is 1.00 e. The van der Waals surface area contributed by atoms with Crippen LogP contribution in [0.25, 0.3) is 0 Å². The van der Waals surface area contributed by atoms with Crippen LogP contribution in [0.5, 0.6) is 0 Å². The van der Waals surface area contributed by atoms with Crippen molar-refractivity contribution < 1.29 is 225 Å². The Morgan fingerprint density at radius 3 is 0.860 bits per heavy atom. The smallest absolute Gasteiger partial charge is 1.00 e.